The zero-order chi connectivity index (χ0) is 20.9. The van der Waals surface area contributed by atoms with E-state index in [0.717, 1.165) is 15.2 Å². The maximum atomic E-state index is 13.1. The summed E-state index contributed by atoms with van der Waals surface area (Å²) in [4.78, 5) is 31.9. The molecule has 0 saturated heterocycles. The van der Waals surface area contributed by atoms with E-state index in [0.29, 0.717) is 17.9 Å². The van der Waals surface area contributed by atoms with Gasteiger partial charge in [-0.2, -0.15) is 0 Å². The highest BCUT2D eigenvalue weighted by Crippen LogP contribution is 2.22. The van der Waals surface area contributed by atoms with Crippen molar-refractivity contribution in [2.75, 3.05) is 7.05 Å². The van der Waals surface area contributed by atoms with E-state index in [4.69, 9.17) is 4.42 Å². The van der Waals surface area contributed by atoms with E-state index in [1.54, 1.807) is 54.8 Å². The highest BCUT2D eigenvalue weighted by atomic mass is 32.1. The van der Waals surface area contributed by atoms with Crippen molar-refractivity contribution in [3.05, 3.63) is 95.0 Å². The molecule has 0 saturated carbocycles. The summed E-state index contributed by atoms with van der Waals surface area (Å²) in [6.45, 7) is 0.328. The molecular weight excluding hydrogens is 398 g/mol. The van der Waals surface area contributed by atoms with E-state index in [-0.39, 0.29) is 17.5 Å². The molecule has 150 valence electrons. The Labute approximate surface area is 177 Å². The van der Waals surface area contributed by atoms with Crippen LogP contribution in [0, 0.1) is 0 Å². The van der Waals surface area contributed by atoms with Crippen LogP contribution in [0.25, 0.3) is 16.3 Å². The molecule has 7 heteroatoms. The molecule has 4 rings (SSSR count). The van der Waals surface area contributed by atoms with Gasteiger partial charge in [0.15, 0.2) is 0 Å². The Kier molecular flexibility index (Phi) is 5.72. The number of carbonyl (C=O) groups excluding carboxylic acids is 2. The van der Waals surface area contributed by atoms with Crippen LogP contribution < -0.4 is 5.32 Å². The van der Waals surface area contributed by atoms with E-state index in [1.165, 1.54) is 17.2 Å². The van der Waals surface area contributed by atoms with Crippen LogP contribution >= 0.6 is 11.3 Å². The quantitative estimate of drug-likeness (QED) is 0.474. The minimum atomic E-state index is -0.366. The van der Waals surface area contributed by atoms with Crippen molar-refractivity contribution in [2.24, 2.45) is 0 Å². The SMILES string of the molecule is CN(Cc1nc2ccccc2s1)C(=O)C(=Cc1ccco1)NC(=O)c1ccccc1. The second kappa shape index (κ2) is 8.75. The van der Waals surface area contributed by atoms with Crippen LogP contribution in [-0.2, 0) is 11.3 Å². The largest absolute Gasteiger partial charge is 0.465 e. The fourth-order valence-electron chi connectivity index (χ4n) is 2.92. The van der Waals surface area contributed by atoms with Gasteiger partial charge in [0, 0.05) is 18.7 Å². The molecule has 1 N–H and O–H groups in total. The summed E-state index contributed by atoms with van der Waals surface area (Å²) < 4.78 is 6.40. The number of likely N-dealkylation sites (N-methyl/N-ethyl adjacent to an activating group) is 1. The summed E-state index contributed by atoms with van der Waals surface area (Å²) in [6.07, 6.45) is 3.04. The van der Waals surface area contributed by atoms with Crippen molar-refractivity contribution in [1.29, 1.82) is 0 Å². The summed E-state index contributed by atoms with van der Waals surface area (Å²) >= 11 is 1.54. The van der Waals surface area contributed by atoms with Crippen molar-refractivity contribution in [3.8, 4) is 0 Å². The maximum Gasteiger partial charge on any atom is 0.270 e. The molecule has 2 aromatic carbocycles. The summed E-state index contributed by atoms with van der Waals surface area (Å²) in [5.74, 6) is -0.231. The Bertz CT molecular complexity index is 1160. The third-order valence-corrected chi connectivity index (χ3v) is 5.42. The molecule has 0 aliphatic rings. The Balaban J connectivity index is 1.56. The van der Waals surface area contributed by atoms with Gasteiger partial charge in [-0.25, -0.2) is 4.98 Å². The number of nitrogens with zero attached hydrogens (tertiary/aromatic N) is 2. The molecule has 6 nitrogen and oxygen atoms in total. The molecule has 2 amide bonds. The number of hydrogen-bond acceptors (Lipinski definition) is 5. The van der Waals surface area contributed by atoms with Gasteiger partial charge >= 0.3 is 0 Å². The molecule has 0 fully saturated rings. The standard InChI is InChI=1S/C23H19N3O3S/c1-26(15-21-24-18-11-5-6-12-20(18)30-21)23(28)19(14-17-10-7-13-29-17)25-22(27)16-8-3-2-4-9-16/h2-14H,15H2,1H3,(H,25,27). The third-order valence-electron chi connectivity index (χ3n) is 4.40. The molecule has 0 aliphatic heterocycles. The van der Waals surface area contributed by atoms with Gasteiger partial charge in [0.1, 0.15) is 16.5 Å². The number of thiazole rings is 1. The number of carbonyl (C=O) groups is 2. The van der Waals surface area contributed by atoms with Crippen LogP contribution in [0.4, 0.5) is 0 Å². The summed E-state index contributed by atoms with van der Waals surface area (Å²) in [7, 11) is 1.68. The Morgan fingerprint density at radius 1 is 1.07 bits per heavy atom. The first-order chi connectivity index (χ1) is 14.6. The molecule has 0 radical (unpaired) electrons. The first-order valence-electron chi connectivity index (χ1n) is 9.31. The summed E-state index contributed by atoms with van der Waals surface area (Å²) in [5, 5.41) is 3.54. The van der Waals surface area contributed by atoms with Crippen molar-refractivity contribution in [3.63, 3.8) is 0 Å². The molecule has 0 spiro atoms. The van der Waals surface area contributed by atoms with E-state index < -0.39 is 0 Å². The number of nitrogens with one attached hydrogen (secondary N) is 1. The smallest absolute Gasteiger partial charge is 0.270 e. The zero-order valence-corrected chi connectivity index (χ0v) is 17.1. The lowest BCUT2D eigenvalue weighted by molar-refractivity contribution is -0.126. The average Bonchev–Trinajstić information content (AvgIpc) is 3.42. The third kappa shape index (κ3) is 4.47. The minimum Gasteiger partial charge on any atom is -0.465 e. The van der Waals surface area contributed by atoms with Gasteiger partial charge in [0.2, 0.25) is 0 Å². The van der Waals surface area contributed by atoms with Gasteiger partial charge in [-0.3, -0.25) is 9.59 Å². The summed E-state index contributed by atoms with van der Waals surface area (Å²) in [6, 6.07) is 20.0. The van der Waals surface area contributed by atoms with Crippen molar-refractivity contribution in [2.45, 2.75) is 6.54 Å². The van der Waals surface area contributed by atoms with Gasteiger partial charge in [-0.15, -0.1) is 11.3 Å². The normalized spacial score (nSPS) is 11.4. The lowest BCUT2D eigenvalue weighted by Crippen LogP contribution is -2.35. The van der Waals surface area contributed by atoms with Crippen LogP contribution in [0.15, 0.2) is 83.1 Å². The number of amides is 2. The highest BCUT2D eigenvalue weighted by molar-refractivity contribution is 7.18. The molecule has 2 heterocycles. The summed E-state index contributed by atoms with van der Waals surface area (Å²) in [5.41, 5.74) is 1.49. The van der Waals surface area contributed by atoms with Gasteiger partial charge < -0.3 is 14.6 Å². The molecule has 4 aromatic rings. The maximum absolute atomic E-state index is 13.1. The number of para-hydroxylation sites is 1. The number of benzene rings is 2. The Hall–Kier alpha value is -3.71. The van der Waals surface area contributed by atoms with Gasteiger partial charge in [0.05, 0.1) is 23.0 Å². The van der Waals surface area contributed by atoms with E-state index in [1.807, 2.05) is 30.3 Å². The van der Waals surface area contributed by atoms with Crippen LogP contribution in [0.5, 0.6) is 0 Å². The molecule has 0 unspecified atom stereocenters. The molecule has 2 aromatic heterocycles. The Morgan fingerprint density at radius 3 is 2.57 bits per heavy atom. The number of rotatable bonds is 6. The van der Waals surface area contributed by atoms with Gasteiger partial charge in [0.25, 0.3) is 11.8 Å². The molecule has 0 bridgehead atoms. The van der Waals surface area contributed by atoms with E-state index >= 15 is 0 Å². The fourth-order valence-corrected chi connectivity index (χ4v) is 3.94. The lowest BCUT2D eigenvalue weighted by atomic mass is 10.2. The van der Waals surface area contributed by atoms with Gasteiger partial charge in [-0.05, 0) is 36.4 Å². The van der Waals surface area contributed by atoms with Crippen molar-refractivity contribution < 1.29 is 14.0 Å². The van der Waals surface area contributed by atoms with Crippen LogP contribution in [-0.4, -0.2) is 28.7 Å². The van der Waals surface area contributed by atoms with Crippen LogP contribution in [0.1, 0.15) is 21.1 Å². The van der Waals surface area contributed by atoms with Crippen molar-refractivity contribution >= 4 is 39.4 Å². The molecule has 0 aliphatic carbocycles. The molecule has 30 heavy (non-hydrogen) atoms. The topological polar surface area (TPSA) is 75.4 Å². The molecule has 0 atom stereocenters. The van der Waals surface area contributed by atoms with Crippen LogP contribution in [0.3, 0.4) is 0 Å². The fraction of sp³-hybridized carbons (Fsp3) is 0.0870. The van der Waals surface area contributed by atoms with E-state index in [2.05, 4.69) is 10.3 Å². The first kappa shape index (κ1) is 19.6. The zero-order valence-electron chi connectivity index (χ0n) is 16.2. The van der Waals surface area contributed by atoms with Crippen molar-refractivity contribution in [1.82, 2.24) is 15.2 Å². The monoisotopic (exact) mass is 417 g/mol. The van der Waals surface area contributed by atoms with E-state index in [9.17, 15) is 9.59 Å². The Morgan fingerprint density at radius 2 is 1.83 bits per heavy atom. The second-order valence-electron chi connectivity index (χ2n) is 6.63. The van der Waals surface area contributed by atoms with Gasteiger partial charge in [-0.1, -0.05) is 30.3 Å². The lowest BCUT2D eigenvalue weighted by Gasteiger charge is -2.18. The first-order valence-corrected chi connectivity index (χ1v) is 10.1. The number of furan rings is 1. The minimum absolute atomic E-state index is 0.127. The molecular formula is C23H19N3O3S. The average molecular weight is 417 g/mol. The predicted octanol–water partition coefficient (Wildman–Crippen LogP) is 4.32. The van der Waals surface area contributed by atoms with Crippen LogP contribution in [0.2, 0.25) is 0 Å². The second-order valence-corrected chi connectivity index (χ2v) is 7.75. The predicted molar refractivity (Wildman–Crippen MR) is 117 cm³/mol. The highest BCUT2D eigenvalue weighted by Gasteiger charge is 2.20. The number of hydrogen-bond donors (Lipinski definition) is 1. The number of fused-ring (bicyclic) bond motifs is 1. The number of aromatic nitrogens is 1.